The zero-order valence-electron chi connectivity index (χ0n) is 17.6. The first-order valence-electron chi connectivity index (χ1n) is 10.2. The van der Waals surface area contributed by atoms with E-state index in [0.717, 1.165) is 35.2 Å². The fraction of sp³-hybridized carbons (Fsp3) is 0.435. The number of nitrogens with one attached hydrogen (secondary N) is 1. The minimum absolute atomic E-state index is 0.0423. The maximum absolute atomic E-state index is 12.6. The molecule has 3 rings (SSSR count). The van der Waals surface area contributed by atoms with Gasteiger partial charge in [-0.3, -0.25) is 4.79 Å². The van der Waals surface area contributed by atoms with E-state index in [-0.39, 0.29) is 23.3 Å². The van der Waals surface area contributed by atoms with Gasteiger partial charge in [-0.05, 0) is 53.6 Å². The lowest BCUT2D eigenvalue weighted by molar-refractivity contribution is -0.121. The lowest BCUT2D eigenvalue weighted by Gasteiger charge is -2.19. The Morgan fingerprint density at radius 3 is 2.31 bits per heavy atom. The zero-order valence-corrected chi connectivity index (χ0v) is 18.4. The van der Waals surface area contributed by atoms with Crippen molar-refractivity contribution in [3.8, 4) is 0 Å². The van der Waals surface area contributed by atoms with E-state index in [9.17, 15) is 13.2 Å². The lowest BCUT2D eigenvalue weighted by atomic mass is 10.0. The number of fused-ring (bicyclic) bond motifs is 1. The molecular formula is C23H30N2O3S. The van der Waals surface area contributed by atoms with Crippen LogP contribution >= 0.6 is 0 Å². The summed E-state index contributed by atoms with van der Waals surface area (Å²) in [6.07, 6.45) is 1.73. The SMILES string of the molecule is CC(C)Cc1ccc(S(=O)(=O)NCc2ccc3c(c2)CCN3C(=O)C(C)C)cc1. The number of rotatable bonds is 7. The van der Waals surface area contributed by atoms with Crippen molar-refractivity contribution in [3.63, 3.8) is 0 Å². The van der Waals surface area contributed by atoms with Gasteiger partial charge >= 0.3 is 0 Å². The maximum atomic E-state index is 12.6. The van der Waals surface area contributed by atoms with Gasteiger partial charge in [-0.1, -0.05) is 52.0 Å². The molecule has 0 saturated heterocycles. The molecule has 0 bridgehead atoms. The van der Waals surface area contributed by atoms with Gasteiger partial charge < -0.3 is 4.90 Å². The van der Waals surface area contributed by atoms with Crippen LogP contribution in [0.15, 0.2) is 47.4 Å². The first kappa shape index (κ1) is 21.5. The van der Waals surface area contributed by atoms with Crippen LogP contribution in [0.4, 0.5) is 5.69 Å². The third kappa shape index (κ3) is 5.06. The highest BCUT2D eigenvalue weighted by Gasteiger charge is 2.26. The molecule has 1 N–H and O–H groups in total. The Bertz CT molecular complexity index is 980. The summed E-state index contributed by atoms with van der Waals surface area (Å²) in [4.78, 5) is 14.4. The number of carbonyl (C=O) groups is 1. The molecule has 29 heavy (non-hydrogen) atoms. The van der Waals surface area contributed by atoms with Gasteiger partial charge in [-0.25, -0.2) is 13.1 Å². The summed E-state index contributed by atoms with van der Waals surface area (Å²) in [5, 5.41) is 0. The van der Waals surface area contributed by atoms with Crippen LogP contribution in [0, 0.1) is 11.8 Å². The van der Waals surface area contributed by atoms with Gasteiger partial charge in [0.25, 0.3) is 0 Å². The van der Waals surface area contributed by atoms with E-state index in [0.29, 0.717) is 12.5 Å². The average molecular weight is 415 g/mol. The molecule has 0 unspecified atom stereocenters. The Hall–Kier alpha value is -2.18. The number of sulfonamides is 1. The van der Waals surface area contributed by atoms with Crippen molar-refractivity contribution in [2.75, 3.05) is 11.4 Å². The molecule has 2 aromatic carbocycles. The second-order valence-electron chi connectivity index (χ2n) is 8.42. The number of hydrogen-bond donors (Lipinski definition) is 1. The molecule has 156 valence electrons. The Morgan fingerprint density at radius 2 is 1.69 bits per heavy atom. The van der Waals surface area contributed by atoms with E-state index in [1.165, 1.54) is 0 Å². The van der Waals surface area contributed by atoms with E-state index in [1.807, 2.05) is 49.1 Å². The second kappa shape index (κ2) is 8.67. The van der Waals surface area contributed by atoms with Gasteiger partial charge in [0.15, 0.2) is 0 Å². The van der Waals surface area contributed by atoms with Gasteiger partial charge in [0.2, 0.25) is 15.9 Å². The molecule has 2 aromatic rings. The van der Waals surface area contributed by atoms with Crippen LogP contribution in [0.3, 0.4) is 0 Å². The van der Waals surface area contributed by atoms with Gasteiger partial charge in [0, 0.05) is 24.7 Å². The second-order valence-corrected chi connectivity index (χ2v) is 10.2. The molecule has 0 atom stereocenters. The molecule has 0 aromatic heterocycles. The highest BCUT2D eigenvalue weighted by molar-refractivity contribution is 7.89. The summed E-state index contributed by atoms with van der Waals surface area (Å²) in [7, 11) is -3.57. The standard InChI is InChI=1S/C23H30N2O3S/c1-16(2)13-18-5-8-21(9-6-18)29(27,28)24-15-19-7-10-22-20(14-19)11-12-25(22)23(26)17(3)4/h5-10,14,16-17,24H,11-13,15H2,1-4H3. The molecule has 0 saturated carbocycles. The van der Waals surface area contributed by atoms with E-state index in [2.05, 4.69) is 18.6 Å². The third-order valence-corrected chi connectivity index (χ3v) is 6.56. The molecule has 1 amide bonds. The molecule has 1 heterocycles. The quantitative estimate of drug-likeness (QED) is 0.747. The summed E-state index contributed by atoms with van der Waals surface area (Å²) < 4.78 is 27.9. The van der Waals surface area contributed by atoms with Crippen molar-refractivity contribution >= 4 is 21.6 Å². The first-order chi connectivity index (χ1) is 13.7. The summed E-state index contributed by atoms with van der Waals surface area (Å²) >= 11 is 0. The smallest absolute Gasteiger partial charge is 0.240 e. The number of carbonyl (C=O) groups excluding carboxylic acids is 1. The molecule has 0 aliphatic carbocycles. The maximum Gasteiger partial charge on any atom is 0.240 e. The number of anilines is 1. The van der Waals surface area contributed by atoms with E-state index in [1.54, 1.807) is 12.1 Å². The Labute approximate surface area is 174 Å². The van der Waals surface area contributed by atoms with Crippen molar-refractivity contribution in [1.82, 2.24) is 4.72 Å². The predicted molar refractivity (Wildman–Crippen MR) is 116 cm³/mol. The van der Waals surface area contributed by atoms with Gasteiger partial charge in [0.1, 0.15) is 0 Å². The molecule has 0 radical (unpaired) electrons. The number of amides is 1. The Kier molecular flexibility index (Phi) is 6.44. The average Bonchev–Trinajstić information content (AvgIpc) is 3.09. The van der Waals surface area contributed by atoms with Crippen molar-refractivity contribution in [3.05, 3.63) is 59.2 Å². The van der Waals surface area contributed by atoms with Crippen LogP contribution in [-0.2, 0) is 34.2 Å². The highest BCUT2D eigenvalue weighted by atomic mass is 32.2. The molecular weight excluding hydrogens is 384 g/mol. The number of nitrogens with zero attached hydrogens (tertiary/aromatic N) is 1. The fourth-order valence-electron chi connectivity index (χ4n) is 3.64. The molecule has 0 fully saturated rings. The monoisotopic (exact) mass is 414 g/mol. The molecule has 1 aliphatic heterocycles. The van der Waals surface area contributed by atoms with Gasteiger partial charge in [0.05, 0.1) is 4.90 Å². The largest absolute Gasteiger partial charge is 0.312 e. The van der Waals surface area contributed by atoms with Crippen molar-refractivity contribution in [1.29, 1.82) is 0 Å². The van der Waals surface area contributed by atoms with Crippen LogP contribution in [0.25, 0.3) is 0 Å². The summed E-state index contributed by atoms with van der Waals surface area (Å²) in [5.41, 5.74) is 4.06. The molecule has 5 nitrogen and oxygen atoms in total. The number of hydrogen-bond acceptors (Lipinski definition) is 3. The van der Waals surface area contributed by atoms with E-state index in [4.69, 9.17) is 0 Å². The molecule has 1 aliphatic rings. The topological polar surface area (TPSA) is 66.5 Å². The zero-order chi connectivity index (χ0) is 21.2. The third-order valence-electron chi connectivity index (χ3n) is 5.14. The predicted octanol–water partition coefficient (Wildman–Crippen LogP) is 3.91. The summed E-state index contributed by atoms with van der Waals surface area (Å²) in [5.74, 6) is 0.611. The van der Waals surface area contributed by atoms with Crippen LogP contribution in [0.2, 0.25) is 0 Å². The van der Waals surface area contributed by atoms with Gasteiger partial charge in [-0.15, -0.1) is 0 Å². The van der Waals surface area contributed by atoms with Crippen molar-refractivity contribution in [2.24, 2.45) is 11.8 Å². The molecule has 6 heteroatoms. The van der Waals surface area contributed by atoms with Crippen LogP contribution in [0.5, 0.6) is 0 Å². The van der Waals surface area contributed by atoms with Crippen LogP contribution in [0.1, 0.15) is 44.4 Å². The minimum atomic E-state index is -3.57. The van der Waals surface area contributed by atoms with E-state index < -0.39 is 10.0 Å². The number of benzene rings is 2. The Morgan fingerprint density at radius 1 is 1.03 bits per heavy atom. The summed E-state index contributed by atoms with van der Waals surface area (Å²) in [6.45, 7) is 8.99. The van der Waals surface area contributed by atoms with Crippen molar-refractivity contribution in [2.45, 2.75) is 52.0 Å². The van der Waals surface area contributed by atoms with E-state index >= 15 is 0 Å². The molecule has 0 spiro atoms. The normalized spacial score (nSPS) is 13.9. The first-order valence-corrected chi connectivity index (χ1v) is 11.7. The fourth-order valence-corrected chi connectivity index (χ4v) is 4.66. The van der Waals surface area contributed by atoms with Crippen LogP contribution < -0.4 is 9.62 Å². The van der Waals surface area contributed by atoms with Crippen LogP contribution in [-0.4, -0.2) is 20.9 Å². The van der Waals surface area contributed by atoms with Crippen molar-refractivity contribution < 1.29 is 13.2 Å². The minimum Gasteiger partial charge on any atom is -0.312 e. The lowest BCUT2D eigenvalue weighted by Crippen LogP contribution is -2.32. The van der Waals surface area contributed by atoms with Gasteiger partial charge in [-0.2, -0.15) is 0 Å². The Balaban J connectivity index is 1.68. The summed E-state index contributed by atoms with van der Waals surface area (Å²) in [6, 6.07) is 12.9. The highest BCUT2D eigenvalue weighted by Crippen LogP contribution is 2.30.